The average molecular weight is 680 g/mol. The lowest BCUT2D eigenvalue weighted by molar-refractivity contribution is -0.150. The van der Waals surface area contributed by atoms with Crippen molar-refractivity contribution in [1.82, 2.24) is 4.90 Å². The highest BCUT2D eigenvalue weighted by Gasteiger charge is 2.14. The summed E-state index contributed by atoms with van der Waals surface area (Å²) in [6, 6.07) is 0. The number of esters is 2. The summed E-state index contributed by atoms with van der Waals surface area (Å²) in [5.74, 6) is 0.0202. The summed E-state index contributed by atoms with van der Waals surface area (Å²) >= 11 is 0. The fourth-order valence-corrected chi connectivity index (χ4v) is 6.65. The van der Waals surface area contributed by atoms with Crippen LogP contribution < -0.4 is 0 Å². The molecule has 0 amide bonds. The fourth-order valence-electron chi connectivity index (χ4n) is 6.65. The van der Waals surface area contributed by atoms with Gasteiger partial charge in [-0.05, 0) is 77.4 Å². The predicted molar refractivity (Wildman–Crippen MR) is 208 cm³/mol. The van der Waals surface area contributed by atoms with Gasteiger partial charge in [0.1, 0.15) is 6.10 Å². The Kier molecular flexibility index (Phi) is 37.8. The molecule has 48 heavy (non-hydrogen) atoms. The number of ether oxygens (including phenoxy) is 2. The molecule has 0 aromatic carbocycles. The maximum absolute atomic E-state index is 12.8. The van der Waals surface area contributed by atoms with Crippen LogP contribution in [0.1, 0.15) is 233 Å². The topological polar surface area (TPSA) is 55.8 Å². The monoisotopic (exact) mass is 680 g/mol. The zero-order valence-corrected chi connectivity index (χ0v) is 33.1. The highest BCUT2D eigenvalue weighted by Crippen LogP contribution is 2.18. The normalized spacial score (nSPS) is 11.5. The molecule has 0 radical (unpaired) electrons. The van der Waals surface area contributed by atoms with Crippen LogP contribution in [0.4, 0.5) is 0 Å². The second-order valence-corrected chi connectivity index (χ2v) is 14.7. The number of unbranched alkanes of at least 4 members (excludes halogenated alkanes) is 23. The summed E-state index contributed by atoms with van der Waals surface area (Å²) in [6.45, 7) is 12.9. The van der Waals surface area contributed by atoms with Crippen molar-refractivity contribution in [3.05, 3.63) is 0 Å². The van der Waals surface area contributed by atoms with E-state index >= 15 is 0 Å². The molecule has 5 heteroatoms. The first-order valence-corrected chi connectivity index (χ1v) is 21.6. The number of hydrogen-bond acceptors (Lipinski definition) is 5. The van der Waals surface area contributed by atoms with Gasteiger partial charge in [0, 0.05) is 12.8 Å². The quantitative estimate of drug-likeness (QED) is 0.0478. The summed E-state index contributed by atoms with van der Waals surface area (Å²) in [5.41, 5.74) is 0. The minimum atomic E-state index is -0.0170. The second-order valence-electron chi connectivity index (χ2n) is 14.7. The molecule has 5 nitrogen and oxygen atoms in total. The molecule has 0 aliphatic heterocycles. The van der Waals surface area contributed by atoms with E-state index in [2.05, 4.69) is 32.6 Å². The van der Waals surface area contributed by atoms with Gasteiger partial charge in [0.05, 0.1) is 6.61 Å². The van der Waals surface area contributed by atoms with E-state index < -0.39 is 0 Å². The van der Waals surface area contributed by atoms with Gasteiger partial charge in [0.15, 0.2) is 0 Å². The fraction of sp³-hybridized carbons (Fsp3) is 0.953. The summed E-state index contributed by atoms with van der Waals surface area (Å²) in [5, 5.41) is 0. The lowest BCUT2D eigenvalue weighted by Gasteiger charge is -2.21. The molecule has 0 atom stereocenters. The van der Waals surface area contributed by atoms with Crippen molar-refractivity contribution < 1.29 is 19.1 Å². The lowest BCUT2D eigenvalue weighted by Crippen LogP contribution is -2.26. The standard InChI is InChI=1S/C43H85NO4/c1-5-9-12-14-19-23-28-34-41(35-29-24-20-15-13-10-6-2)48-43(46)37-30-32-39-44(8-4)38-31-25-21-17-16-18-22-26-33-40-47-42(45)36-27-11-7-3/h41H,5-40H2,1-4H3. The van der Waals surface area contributed by atoms with Gasteiger partial charge in [-0.15, -0.1) is 0 Å². The van der Waals surface area contributed by atoms with Crippen LogP contribution in [0.2, 0.25) is 0 Å². The van der Waals surface area contributed by atoms with E-state index in [-0.39, 0.29) is 18.0 Å². The van der Waals surface area contributed by atoms with Crippen molar-refractivity contribution in [2.45, 2.75) is 239 Å². The van der Waals surface area contributed by atoms with Crippen molar-refractivity contribution in [2.75, 3.05) is 26.2 Å². The van der Waals surface area contributed by atoms with Crippen LogP contribution in [0.25, 0.3) is 0 Å². The Labute approximate surface area is 300 Å². The van der Waals surface area contributed by atoms with E-state index in [1.165, 1.54) is 148 Å². The average Bonchev–Trinajstić information content (AvgIpc) is 3.08. The number of carbonyl (C=O) groups is 2. The predicted octanol–water partition coefficient (Wildman–Crippen LogP) is 13.3. The Morgan fingerprint density at radius 1 is 0.438 bits per heavy atom. The highest BCUT2D eigenvalue weighted by atomic mass is 16.5. The van der Waals surface area contributed by atoms with E-state index in [1.807, 2.05) is 0 Å². The first-order valence-electron chi connectivity index (χ1n) is 21.6. The van der Waals surface area contributed by atoms with Crippen LogP contribution in [0.15, 0.2) is 0 Å². The van der Waals surface area contributed by atoms with Crippen LogP contribution >= 0.6 is 0 Å². The number of rotatable bonds is 39. The number of nitrogens with zero attached hydrogens (tertiary/aromatic N) is 1. The molecule has 0 spiro atoms. The van der Waals surface area contributed by atoms with Crippen LogP contribution in [-0.2, 0) is 19.1 Å². The molecule has 0 heterocycles. The summed E-state index contributed by atoms with van der Waals surface area (Å²) < 4.78 is 11.4. The van der Waals surface area contributed by atoms with E-state index in [1.54, 1.807) is 0 Å². The second kappa shape index (κ2) is 38.7. The molecule has 0 bridgehead atoms. The first kappa shape index (κ1) is 46.9. The minimum Gasteiger partial charge on any atom is -0.466 e. The highest BCUT2D eigenvalue weighted by molar-refractivity contribution is 5.69. The van der Waals surface area contributed by atoms with Crippen molar-refractivity contribution in [1.29, 1.82) is 0 Å². The maximum Gasteiger partial charge on any atom is 0.306 e. The molecule has 0 aromatic heterocycles. The third-order valence-corrected chi connectivity index (χ3v) is 9.98. The Balaban J connectivity index is 3.95. The van der Waals surface area contributed by atoms with Crippen molar-refractivity contribution in [2.24, 2.45) is 0 Å². The van der Waals surface area contributed by atoms with Gasteiger partial charge in [-0.1, -0.05) is 163 Å². The van der Waals surface area contributed by atoms with E-state index in [0.29, 0.717) is 19.4 Å². The molecular weight excluding hydrogens is 594 g/mol. The van der Waals surface area contributed by atoms with Crippen LogP contribution in [-0.4, -0.2) is 49.2 Å². The van der Waals surface area contributed by atoms with Gasteiger partial charge in [0.25, 0.3) is 0 Å². The Morgan fingerprint density at radius 3 is 1.31 bits per heavy atom. The zero-order chi connectivity index (χ0) is 35.2. The van der Waals surface area contributed by atoms with Crippen molar-refractivity contribution in [3.8, 4) is 0 Å². The third kappa shape index (κ3) is 34.8. The van der Waals surface area contributed by atoms with E-state index in [0.717, 1.165) is 64.5 Å². The Morgan fingerprint density at radius 2 is 0.812 bits per heavy atom. The summed E-state index contributed by atoms with van der Waals surface area (Å²) in [4.78, 5) is 27.0. The molecule has 0 N–H and O–H groups in total. The smallest absolute Gasteiger partial charge is 0.306 e. The molecule has 0 rings (SSSR count). The van der Waals surface area contributed by atoms with Gasteiger partial charge in [-0.3, -0.25) is 9.59 Å². The molecule has 0 aliphatic rings. The molecule has 0 unspecified atom stereocenters. The molecule has 286 valence electrons. The van der Waals surface area contributed by atoms with Crippen molar-refractivity contribution in [3.63, 3.8) is 0 Å². The van der Waals surface area contributed by atoms with Crippen LogP contribution in [0, 0.1) is 0 Å². The molecule has 0 aliphatic carbocycles. The van der Waals surface area contributed by atoms with Gasteiger partial charge < -0.3 is 14.4 Å². The molecule has 0 aromatic rings. The number of hydrogen-bond donors (Lipinski definition) is 0. The Bertz CT molecular complexity index is 651. The van der Waals surface area contributed by atoms with Gasteiger partial charge >= 0.3 is 11.9 Å². The summed E-state index contributed by atoms with van der Waals surface area (Å²) in [7, 11) is 0. The third-order valence-electron chi connectivity index (χ3n) is 9.98. The van der Waals surface area contributed by atoms with Crippen molar-refractivity contribution >= 4 is 11.9 Å². The van der Waals surface area contributed by atoms with E-state index in [4.69, 9.17) is 9.47 Å². The number of carbonyl (C=O) groups excluding carboxylic acids is 2. The van der Waals surface area contributed by atoms with Gasteiger partial charge in [-0.2, -0.15) is 0 Å². The molecule has 0 saturated heterocycles. The molecular formula is C43H85NO4. The molecule has 0 fully saturated rings. The first-order chi connectivity index (χ1) is 23.6. The maximum atomic E-state index is 12.8. The van der Waals surface area contributed by atoms with E-state index in [9.17, 15) is 9.59 Å². The minimum absolute atomic E-state index is 0.0170. The van der Waals surface area contributed by atoms with Crippen LogP contribution in [0.5, 0.6) is 0 Å². The zero-order valence-electron chi connectivity index (χ0n) is 33.1. The Hall–Kier alpha value is -1.10. The SMILES string of the molecule is CCCCCCCCCC(CCCCCCCCC)OC(=O)CCCCN(CC)CCCCCCCCCCCOC(=O)CCCCC. The summed E-state index contributed by atoms with van der Waals surface area (Å²) in [6.07, 6.45) is 38.3. The largest absolute Gasteiger partial charge is 0.466 e. The lowest BCUT2D eigenvalue weighted by atomic mass is 10.0. The van der Waals surface area contributed by atoms with Crippen LogP contribution in [0.3, 0.4) is 0 Å². The van der Waals surface area contributed by atoms with Gasteiger partial charge in [0.2, 0.25) is 0 Å². The van der Waals surface area contributed by atoms with Gasteiger partial charge in [-0.25, -0.2) is 0 Å². The molecule has 0 saturated carbocycles.